The van der Waals surface area contributed by atoms with Crippen LogP contribution >= 0.6 is 11.8 Å². The van der Waals surface area contributed by atoms with E-state index >= 15 is 0 Å². The first kappa shape index (κ1) is 12.3. The zero-order valence-electron chi connectivity index (χ0n) is 10.5. The summed E-state index contributed by atoms with van der Waals surface area (Å²) in [5.74, 6) is 0.0315. The minimum atomic E-state index is -0.855. The van der Waals surface area contributed by atoms with E-state index in [4.69, 9.17) is 0 Å². The smallest absolute Gasteiger partial charge is 0.326 e. The molecule has 3 fully saturated rings. The van der Waals surface area contributed by atoms with Crippen LogP contribution in [0.5, 0.6) is 0 Å². The summed E-state index contributed by atoms with van der Waals surface area (Å²) in [6, 6.07) is -0.614. The van der Waals surface area contributed by atoms with Gasteiger partial charge in [-0.2, -0.15) is 0 Å². The Morgan fingerprint density at radius 2 is 2.33 bits per heavy atom. The molecule has 3 atom stereocenters. The maximum Gasteiger partial charge on any atom is 0.326 e. The van der Waals surface area contributed by atoms with Gasteiger partial charge in [0.15, 0.2) is 0 Å². The Hall–Kier alpha value is -0.750. The van der Waals surface area contributed by atoms with Crippen LogP contribution in [-0.2, 0) is 9.59 Å². The van der Waals surface area contributed by atoms with Gasteiger partial charge < -0.3 is 10.0 Å². The third-order valence-corrected chi connectivity index (χ3v) is 5.84. The molecule has 0 radical (unpaired) electrons. The molecule has 0 aromatic carbocycles. The number of hydrogen-bond acceptors (Lipinski definition) is 4. The van der Waals surface area contributed by atoms with E-state index in [0.717, 1.165) is 31.6 Å². The number of amides is 1. The van der Waals surface area contributed by atoms with Crippen LogP contribution in [0, 0.1) is 0 Å². The summed E-state index contributed by atoms with van der Waals surface area (Å²) >= 11 is 1.74. The number of rotatable bonds is 1. The van der Waals surface area contributed by atoms with Crippen LogP contribution in [0.2, 0.25) is 0 Å². The average Bonchev–Trinajstić information content (AvgIpc) is 2.83. The fraction of sp³-hybridized carbons (Fsp3) is 0.833. The lowest BCUT2D eigenvalue weighted by molar-refractivity contribution is -0.151. The van der Waals surface area contributed by atoms with Crippen LogP contribution in [0.4, 0.5) is 0 Å². The Labute approximate surface area is 110 Å². The van der Waals surface area contributed by atoms with Crippen molar-refractivity contribution in [3.05, 3.63) is 0 Å². The second-order valence-electron chi connectivity index (χ2n) is 5.44. The summed E-state index contributed by atoms with van der Waals surface area (Å²) in [6.45, 7) is 0.939. The van der Waals surface area contributed by atoms with Gasteiger partial charge in [-0.1, -0.05) is 0 Å². The molecule has 1 amide bonds. The molecule has 100 valence electrons. The van der Waals surface area contributed by atoms with Crippen LogP contribution in [0.3, 0.4) is 0 Å². The molecule has 3 aliphatic rings. The average molecular weight is 270 g/mol. The van der Waals surface area contributed by atoms with Crippen molar-refractivity contribution in [1.82, 2.24) is 9.80 Å². The normalized spacial score (nSPS) is 40.5. The lowest BCUT2D eigenvalue weighted by Gasteiger charge is -2.35. The standard InChI is InChI=1S/C12H18N2O3S/c1-13-5-2-4-12(13)7-9-14(11(12)17)8(10(15)16)3-6-18-9/h8-9H,2-7H2,1H3,(H,15,16)/t8?,9-,12-/m1/s1. The van der Waals surface area contributed by atoms with Crippen molar-refractivity contribution in [3.63, 3.8) is 0 Å². The Morgan fingerprint density at radius 3 is 2.94 bits per heavy atom. The summed E-state index contributed by atoms with van der Waals surface area (Å²) in [6.07, 6.45) is 3.27. The second-order valence-corrected chi connectivity index (χ2v) is 6.73. The molecular formula is C12H18N2O3S. The highest BCUT2D eigenvalue weighted by molar-refractivity contribution is 7.99. The zero-order chi connectivity index (χ0) is 12.9. The lowest BCUT2D eigenvalue weighted by atomic mass is 9.94. The van der Waals surface area contributed by atoms with Gasteiger partial charge in [0.2, 0.25) is 5.91 Å². The quantitative estimate of drug-likeness (QED) is 0.756. The van der Waals surface area contributed by atoms with E-state index < -0.39 is 17.6 Å². The van der Waals surface area contributed by atoms with Crippen molar-refractivity contribution >= 4 is 23.6 Å². The van der Waals surface area contributed by atoms with Crippen LogP contribution in [0.1, 0.15) is 25.7 Å². The van der Waals surface area contributed by atoms with Gasteiger partial charge in [0, 0.05) is 6.42 Å². The maximum absolute atomic E-state index is 12.7. The molecule has 3 aliphatic heterocycles. The third-order valence-electron chi connectivity index (χ3n) is 4.59. The van der Waals surface area contributed by atoms with Gasteiger partial charge in [-0.25, -0.2) is 4.79 Å². The van der Waals surface area contributed by atoms with Gasteiger partial charge in [0.1, 0.15) is 11.6 Å². The molecule has 3 rings (SSSR count). The largest absolute Gasteiger partial charge is 0.480 e. The summed E-state index contributed by atoms with van der Waals surface area (Å²) < 4.78 is 0. The number of carboxylic acids is 1. The Morgan fingerprint density at radius 1 is 1.56 bits per heavy atom. The van der Waals surface area contributed by atoms with Crippen LogP contribution in [0.25, 0.3) is 0 Å². The molecule has 0 aromatic rings. The van der Waals surface area contributed by atoms with Gasteiger partial charge >= 0.3 is 5.97 Å². The first-order chi connectivity index (χ1) is 8.56. The molecule has 0 aliphatic carbocycles. The predicted molar refractivity (Wildman–Crippen MR) is 68.3 cm³/mol. The number of carbonyl (C=O) groups is 2. The van der Waals surface area contributed by atoms with Gasteiger partial charge in [-0.15, -0.1) is 11.8 Å². The van der Waals surface area contributed by atoms with E-state index in [0.29, 0.717) is 6.42 Å². The van der Waals surface area contributed by atoms with Gasteiger partial charge in [0.05, 0.1) is 5.37 Å². The number of carbonyl (C=O) groups excluding carboxylic acids is 1. The molecule has 0 saturated carbocycles. The Balaban J connectivity index is 1.93. The van der Waals surface area contributed by atoms with Crippen LogP contribution in [0.15, 0.2) is 0 Å². The van der Waals surface area contributed by atoms with Gasteiger partial charge in [-0.05, 0) is 38.6 Å². The van der Waals surface area contributed by atoms with E-state index in [9.17, 15) is 14.7 Å². The SMILES string of the molecule is CN1CCC[C@]12C[C@H]1SCCC(C(=O)O)N1C2=O. The molecule has 1 spiro atoms. The van der Waals surface area contributed by atoms with Crippen molar-refractivity contribution in [1.29, 1.82) is 0 Å². The molecule has 18 heavy (non-hydrogen) atoms. The van der Waals surface area contributed by atoms with Crippen molar-refractivity contribution in [2.75, 3.05) is 19.3 Å². The molecule has 3 heterocycles. The van der Waals surface area contributed by atoms with E-state index in [2.05, 4.69) is 4.90 Å². The van der Waals surface area contributed by atoms with E-state index in [1.54, 1.807) is 16.7 Å². The Bertz CT molecular complexity index is 403. The number of nitrogens with zero attached hydrogens (tertiary/aromatic N) is 2. The van der Waals surface area contributed by atoms with Crippen LogP contribution in [-0.4, -0.2) is 63.1 Å². The second kappa shape index (κ2) is 4.13. The number of likely N-dealkylation sites (N-methyl/N-ethyl adjacent to an activating group) is 1. The summed E-state index contributed by atoms with van der Waals surface area (Å²) in [5, 5.41) is 9.35. The van der Waals surface area contributed by atoms with E-state index in [1.165, 1.54) is 0 Å². The van der Waals surface area contributed by atoms with Gasteiger partial charge in [-0.3, -0.25) is 9.69 Å². The fourth-order valence-electron chi connectivity index (χ4n) is 3.57. The highest BCUT2D eigenvalue weighted by Crippen LogP contribution is 2.47. The number of fused-ring (bicyclic) bond motifs is 1. The molecular weight excluding hydrogens is 252 g/mol. The summed E-state index contributed by atoms with van der Waals surface area (Å²) in [4.78, 5) is 27.8. The number of thioether (sulfide) groups is 1. The summed E-state index contributed by atoms with van der Waals surface area (Å²) in [5.41, 5.74) is -0.407. The van der Waals surface area contributed by atoms with Crippen molar-refractivity contribution in [2.24, 2.45) is 0 Å². The third kappa shape index (κ3) is 1.51. The molecule has 0 bridgehead atoms. The molecule has 0 aromatic heterocycles. The topological polar surface area (TPSA) is 60.9 Å². The first-order valence-electron chi connectivity index (χ1n) is 6.45. The van der Waals surface area contributed by atoms with Crippen molar-refractivity contribution < 1.29 is 14.7 Å². The maximum atomic E-state index is 12.7. The number of hydrogen-bond donors (Lipinski definition) is 1. The molecule has 6 heteroatoms. The zero-order valence-corrected chi connectivity index (χ0v) is 11.3. The monoisotopic (exact) mass is 270 g/mol. The van der Waals surface area contributed by atoms with Crippen molar-refractivity contribution in [3.8, 4) is 0 Å². The number of aliphatic carboxylic acids is 1. The first-order valence-corrected chi connectivity index (χ1v) is 7.49. The van der Waals surface area contributed by atoms with Crippen molar-refractivity contribution in [2.45, 2.75) is 42.6 Å². The number of likely N-dealkylation sites (tertiary alicyclic amines) is 1. The van der Waals surface area contributed by atoms with Gasteiger partial charge in [0.25, 0.3) is 0 Å². The number of carboxylic acid groups (broad SMARTS) is 1. The molecule has 1 unspecified atom stereocenters. The van der Waals surface area contributed by atoms with E-state index in [1.807, 2.05) is 7.05 Å². The fourth-order valence-corrected chi connectivity index (χ4v) is 4.99. The van der Waals surface area contributed by atoms with E-state index in [-0.39, 0.29) is 11.3 Å². The molecule has 5 nitrogen and oxygen atoms in total. The highest BCUT2D eigenvalue weighted by Gasteiger charge is 2.59. The highest BCUT2D eigenvalue weighted by atomic mass is 32.2. The predicted octanol–water partition coefficient (Wildman–Crippen LogP) is 0.599. The molecule has 1 N–H and O–H groups in total. The Kier molecular flexibility index (Phi) is 2.82. The molecule has 3 saturated heterocycles. The minimum absolute atomic E-state index is 0.0482. The summed E-state index contributed by atoms with van der Waals surface area (Å²) in [7, 11) is 1.99. The lowest BCUT2D eigenvalue weighted by Crippen LogP contribution is -2.53. The van der Waals surface area contributed by atoms with Crippen LogP contribution < -0.4 is 0 Å². The minimum Gasteiger partial charge on any atom is -0.480 e.